The van der Waals surface area contributed by atoms with Gasteiger partial charge in [-0.05, 0) is 37.1 Å². The van der Waals surface area contributed by atoms with Crippen molar-refractivity contribution in [1.29, 1.82) is 0 Å². The molecule has 0 aliphatic rings. The van der Waals surface area contributed by atoms with Crippen LogP contribution in [-0.4, -0.2) is 16.8 Å². The van der Waals surface area contributed by atoms with Crippen molar-refractivity contribution >= 4 is 29.3 Å². The molecule has 0 bridgehead atoms. The van der Waals surface area contributed by atoms with Gasteiger partial charge in [-0.25, -0.2) is 0 Å². The highest BCUT2D eigenvalue weighted by Crippen LogP contribution is 2.37. The summed E-state index contributed by atoms with van der Waals surface area (Å²) in [5.41, 5.74) is 12.2. The summed E-state index contributed by atoms with van der Waals surface area (Å²) in [5, 5.41) is 11.5. The zero-order valence-corrected chi connectivity index (χ0v) is 14.7. The SMILES string of the molecule is CCc1cc(Sc2ccc(C)cc2)c([N+](=O)[O-])cc1C(=O)N=C(N)N. The maximum atomic E-state index is 12.1. The van der Waals surface area contributed by atoms with Gasteiger partial charge in [-0.15, -0.1) is 0 Å². The van der Waals surface area contributed by atoms with Crippen molar-refractivity contribution in [1.82, 2.24) is 0 Å². The minimum Gasteiger partial charge on any atom is -0.370 e. The van der Waals surface area contributed by atoms with Crippen molar-refractivity contribution < 1.29 is 9.72 Å². The average molecular weight is 358 g/mol. The maximum absolute atomic E-state index is 12.1. The van der Waals surface area contributed by atoms with Crippen molar-refractivity contribution in [2.45, 2.75) is 30.1 Å². The minimum absolute atomic E-state index is 0.135. The number of nitro groups is 1. The molecule has 7 nitrogen and oxygen atoms in total. The van der Waals surface area contributed by atoms with Gasteiger partial charge in [0.25, 0.3) is 11.6 Å². The highest BCUT2D eigenvalue weighted by atomic mass is 32.2. The first-order chi connectivity index (χ1) is 11.8. The van der Waals surface area contributed by atoms with Gasteiger partial charge >= 0.3 is 0 Å². The number of benzene rings is 2. The van der Waals surface area contributed by atoms with E-state index < -0.39 is 10.8 Å². The summed E-state index contributed by atoms with van der Waals surface area (Å²) < 4.78 is 0. The summed E-state index contributed by atoms with van der Waals surface area (Å²) in [6.07, 6.45) is 0.514. The van der Waals surface area contributed by atoms with E-state index in [-0.39, 0.29) is 17.2 Å². The van der Waals surface area contributed by atoms with Crippen LogP contribution >= 0.6 is 11.8 Å². The predicted octanol–water partition coefficient (Wildman–Crippen LogP) is 3.03. The Morgan fingerprint density at radius 2 is 1.88 bits per heavy atom. The van der Waals surface area contributed by atoms with Crippen LogP contribution in [0, 0.1) is 17.0 Å². The number of amides is 1. The third kappa shape index (κ3) is 4.57. The molecule has 8 heteroatoms. The van der Waals surface area contributed by atoms with Gasteiger partial charge in [0.2, 0.25) is 0 Å². The van der Waals surface area contributed by atoms with Gasteiger partial charge in [0.05, 0.1) is 15.4 Å². The Morgan fingerprint density at radius 1 is 1.24 bits per heavy atom. The Kier molecular flexibility index (Phi) is 5.76. The second-order valence-corrected chi connectivity index (χ2v) is 6.46. The Bertz CT molecular complexity index is 844. The molecule has 130 valence electrons. The third-order valence-electron chi connectivity index (χ3n) is 3.47. The van der Waals surface area contributed by atoms with E-state index >= 15 is 0 Å². The van der Waals surface area contributed by atoms with Gasteiger partial charge in [-0.1, -0.05) is 36.4 Å². The van der Waals surface area contributed by atoms with Crippen LogP contribution in [-0.2, 0) is 6.42 Å². The standard InChI is InChI=1S/C17H18N4O3S/c1-3-11-8-15(25-12-6-4-10(2)5-7-12)14(21(23)24)9-13(11)16(22)20-17(18)19/h4-9H,3H2,1-2H3,(H4,18,19,20,22). The van der Waals surface area contributed by atoms with Crippen molar-refractivity contribution in [3.8, 4) is 0 Å². The van der Waals surface area contributed by atoms with Gasteiger partial charge in [0.15, 0.2) is 5.96 Å². The smallest absolute Gasteiger partial charge is 0.284 e. The lowest BCUT2D eigenvalue weighted by Gasteiger charge is -2.09. The number of nitrogens with two attached hydrogens (primary N) is 2. The van der Waals surface area contributed by atoms with Crippen molar-refractivity contribution in [2.75, 3.05) is 0 Å². The number of nitro benzene ring substituents is 1. The molecule has 4 N–H and O–H groups in total. The summed E-state index contributed by atoms with van der Waals surface area (Å²) in [7, 11) is 0. The molecule has 2 aromatic rings. The van der Waals surface area contributed by atoms with Crippen LogP contribution < -0.4 is 11.5 Å². The lowest BCUT2D eigenvalue weighted by Crippen LogP contribution is -2.24. The molecule has 2 rings (SSSR count). The molecule has 0 spiro atoms. The Balaban J connectivity index is 2.53. The molecule has 0 unspecified atom stereocenters. The molecule has 0 atom stereocenters. The molecule has 0 heterocycles. The number of nitrogens with zero attached hydrogens (tertiary/aromatic N) is 2. The molecule has 2 aromatic carbocycles. The summed E-state index contributed by atoms with van der Waals surface area (Å²) in [5.74, 6) is -1.07. The lowest BCUT2D eigenvalue weighted by molar-refractivity contribution is -0.387. The number of aryl methyl sites for hydroxylation is 2. The summed E-state index contributed by atoms with van der Waals surface area (Å²) in [6, 6.07) is 10.6. The second-order valence-electron chi connectivity index (χ2n) is 5.34. The van der Waals surface area contributed by atoms with E-state index in [9.17, 15) is 14.9 Å². The summed E-state index contributed by atoms with van der Waals surface area (Å²) >= 11 is 1.28. The second kappa shape index (κ2) is 7.80. The molecule has 0 aliphatic carbocycles. The van der Waals surface area contributed by atoms with Gasteiger partial charge in [0.1, 0.15) is 0 Å². The average Bonchev–Trinajstić information content (AvgIpc) is 2.55. The molecule has 0 saturated carbocycles. The Labute approximate surface area is 149 Å². The summed E-state index contributed by atoms with van der Waals surface area (Å²) in [6.45, 7) is 3.82. The van der Waals surface area contributed by atoms with Crippen LogP contribution in [0.15, 0.2) is 51.2 Å². The first-order valence-electron chi connectivity index (χ1n) is 7.51. The molecular weight excluding hydrogens is 340 g/mol. The number of carbonyl (C=O) groups is 1. The van der Waals surface area contributed by atoms with Crippen LogP contribution in [0.4, 0.5) is 5.69 Å². The first-order valence-corrected chi connectivity index (χ1v) is 8.33. The largest absolute Gasteiger partial charge is 0.370 e. The number of rotatable bonds is 5. The van der Waals surface area contributed by atoms with E-state index in [0.717, 1.165) is 10.5 Å². The zero-order chi connectivity index (χ0) is 18.6. The number of carbonyl (C=O) groups excluding carboxylic acids is 1. The van der Waals surface area contributed by atoms with Gasteiger partial charge in [-0.3, -0.25) is 14.9 Å². The molecule has 1 amide bonds. The molecule has 0 fully saturated rings. The Morgan fingerprint density at radius 3 is 2.40 bits per heavy atom. The molecular formula is C17H18N4O3S. The maximum Gasteiger partial charge on any atom is 0.284 e. The zero-order valence-electron chi connectivity index (χ0n) is 13.9. The quantitative estimate of drug-likeness (QED) is 0.366. The molecule has 25 heavy (non-hydrogen) atoms. The van der Waals surface area contributed by atoms with Crippen molar-refractivity contribution in [3.05, 3.63) is 63.2 Å². The highest BCUT2D eigenvalue weighted by molar-refractivity contribution is 7.99. The van der Waals surface area contributed by atoms with E-state index in [1.807, 2.05) is 38.1 Å². The van der Waals surface area contributed by atoms with Gasteiger partial charge in [-0.2, -0.15) is 4.99 Å². The van der Waals surface area contributed by atoms with Gasteiger partial charge in [0, 0.05) is 11.0 Å². The van der Waals surface area contributed by atoms with Crippen LogP contribution in [0.1, 0.15) is 28.4 Å². The van der Waals surface area contributed by atoms with E-state index in [4.69, 9.17) is 11.5 Å². The fourth-order valence-corrected chi connectivity index (χ4v) is 3.20. The van der Waals surface area contributed by atoms with Crippen molar-refractivity contribution in [2.24, 2.45) is 16.5 Å². The third-order valence-corrected chi connectivity index (χ3v) is 4.53. The van der Waals surface area contributed by atoms with E-state index in [1.54, 1.807) is 6.07 Å². The number of hydrogen-bond acceptors (Lipinski definition) is 4. The topological polar surface area (TPSA) is 125 Å². The molecule has 0 aliphatic heterocycles. The van der Waals surface area contributed by atoms with E-state index in [0.29, 0.717) is 16.9 Å². The van der Waals surface area contributed by atoms with Crippen molar-refractivity contribution in [3.63, 3.8) is 0 Å². The Hall–Kier alpha value is -2.87. The fraction of sp³-hybridized carbons (Fsp3) is 0.176. The van der Waals surface area contributed by atoms with Gasteiger partial charge < -0.3 is 11.5 Å². The molecule has 0 radical (unpaired) electrons. The van der Waals surface area contributed by atoms with E-state index in [1.165, 1.54) is 17.8 Å². The molecule has 0 aromatic heterocycles. The fourth-order valence-electron chi connectivity index (χ4n) is 2.24. The lowest BCUT2D eigenvalue weighted by atomic mass is 10.0. The monoisotopic (exact) mass is 358 g/mol. The van der Waals surface area contributed by atoms with Crippen LogP contribution in [0.5, 0.6) is 0 Å². The van der Waals surface area contributed by atoms with E-state index in [2.05, 4.69) is 4.99 Å². The number of aliphatic imine (C=N–C) groups is 1. The van der Waals surface area contributed by atoms with Crippen LogP contribution in [0.25, 0.3) is 0 Å². The minimum atomic E-state index is -0.688. The van der Waals surface area contributed by atoms with Crippen LogP contribution in [0.3, 0.4) is 0 Å². The number of guanidine groups is 1. The number of hydrogen-bond donors (Lipinski definition) is 2. The predicted molar refractivity (Wildman–Crippen MR) is 97.9 cm³/mol. The molecule has 0 saturated heterocycles. The summed E-state index contributed by atoms with van der Waals surface area (Å²) in [4.78, 5) is 27.9. The normalized spacial score (nSPS) is 10.3. The van der Waals surface area contributed by atoms with Crippen LogP contribution in [0.2, 0.25) is 0 Å². The highest BCUT2D eigenvalue weighted by Gasteiger charge is 2.22. The first kappa shape index (κ1) is 18.5.